The molecule has 3 heterocycles. The lowest BCUT2D eigenvalue weighted by Gasteiger charge is -2.30. The van der Waals surface area contributed by atoms with Gasteiger partial charge in [-0.3, -0.25) is 4.98 Å². The summed E-state index contributed by atoms with van der Waals surface area (Å²) in [6, 6.07) is 3.60. The molecule has 3 rings (SSSR count). The van der Waals surface area contributed by atoms with Crippen LogP contribution in [-0.4, -0.2) is 41.9 Å². The molecule has 2 aromatic rings. The SMILES string of the molecule is CCc1ccc(S(=O)(=O)N2CCC(Oc3cnccn3)CC2)s1. The van der Waals surface area contributed by atoms with Crippen LogP contribution in [0.1, 0.15) is 24.6 Å². The van der Waals surface area contributed by atoms with Crippen LogP contribution in [0.3, 0.4) is 0 Å². The van der Waals surface area contributed by atoms with Crippen molar-refractivity contribution in [3.05, 3.63) is 35.6 Å². The molecule has 1 aliphatic heterocycles. The largest absolute Gasteiger partial charge is 0.473 e. The van der Waals surface area contributed by atoms with Gasteiger partial charge >= 0.3 is 0 Å². The van der Waals surface area contributed by atoms with Crippen LogP contribution < -0.4 is 4.74 Å². The number of rotatable bonds is 5. The molecular weight excluding hydrogens is 334 g/mol. The first-order chi connectivity index (χ1) is 11.1. The van der Waals surface area contributed by atoms with Gasteiger partial charge < -0.3 is 4.74 Å². The van der Waals surface area contributed by atoms with Crippen molar-refractivity contribution in [1.82, 2.24) is 14.3 Å². The summed E-state index contributed by atoms with van der Waals surface area (Å²) in [5.41, 5.74) is 0. The molecule has 2 aromatic heterocycles. The number of piperidine rings is 1. The Labute approximate surface area is 140 Å². The molecule has 1 aliphatic rings. The third-order valence-electron chi connectivity index (χ3n) is 3.81. The van der Waals surface area contributed by atoms with Crippen molar-refractivity contribution < 1.29 is 13.2 Å². The van der Waals surface area contributed by atoms with E-state index in [1.165, 1.54) is 11.3 Å². The molecule has 0 unspecified atom stereocenters. The average molecular weight is 353 g/mol. The van der Waals surface area contributed by atoms with Crippen molar-refractivity contribution in [1.29, 1.82) is 0 Å². The number of nitrogens with zero attached hydrogens (tertiary/aromatic N) is 3. The molecule has 0 bridgehead atoms. The third kappa shape index (κ3) is 3.70. The van der Waals surface area contributed by atoms with Crippen LogP contribution in [-0.2, 0) is 16.4 Å². The van der Waals surface area contributed by atoms with Crippen molar-refractivity contribution in [2.24, 2.45) is 0 Å². The van der Waals surface area contributed by atoms with E-state index in [1.54, 1.807) is 29.0 Å². The molecule has 0 amide bonds. The van der Waals surface area contributed by atoms with Crippen molar-refractivity contribution in [3.8, 4) is 5.88 Å². The van der Waals surface area contributed by atoms with Crippen molar-refractivity contribution in [2.75, 3.05) is 13.1 Å². The maximum absolute atomic E-state index is 12.7. The summed E-state index contributed by atoms with van der Waals surface area (Å²) in [7, 11) is -3.38. The van der Waals surface area contributed by atoms with Crippen LogP contribution in [0.5, 0.6) is 5.88 Å². The molecule has 0 aromatic carbocycles. The maximum Gasteiger partial charge on any atom is 0.252 e. The molecular formula is C15H19N3O3S2. The van der Waals surface area contributed by atoms with Gasteiger partial charge in [0.05, 0.1) is 6.20 Å². The molecule has 124 valence electrons. The second-order valence-electron chi connectivity index (χ2n) is 5.34. The number of hydrogen-bond donors (Lipinski definition) is 0. The van der Waals surface area contributed by atoms with E-state index >= 15 is 0 Å². The summed E-state index contributed by atoms with van der Waals surface area (Å²) in [4.78, 5) is 9.13. The number of hydrogen-bond acceptors (Lipinski definition) is 6. The minimum Gasteiger partial charge on any atom is -0.473 e. The van der Waals surface area contributed by atoms with Crippen LogP contribution in [0.4, 0.5) is 0 Å². The molecule has 0 spiro atoms. The normalized spacial score (nSPS) is 17.3. The zero-order valence-electron chi connectivity index (χ0n) is 12.9. The Kier molecular flexibility index (Phi) is 4.93. The molecule has 1 fully saturated rings. The Hall–Kier alpha value is -1.51. The van der Waals surface area contributed by atoms with Gasteiger partial charge in [0.15, 0.2) is 0 Å². The van der Waals surface area contributed by atoms with E-state index in [2.05, 4.69) is 9.97 Å². The number of thiophene rings is 1. The molecule has 6 nitrogen and oxygen atoms in total. The monoisotopic (exact) mass is 353 g/mol. The molecule has 8 heteroatoms. The van der Waals surface area contributed by atoms with Gasteiger partial charge in [0, 0.05) is 30.4 Å². The second kappa shape index (κ2) is 6.94. The fourth-order valence-electron chi connectivity index (χ4n) is 2.52. The Morgan fingerprint density at radius 3 is 2.70 bits per heavy atom. The van der Waals surface area contributed by atoms with E-state index < -0.39 is 10.0 Å². The number of aromatic nitrogens is 2. The Bertz CT molecular complexity index is 738. The van der Waals surface area contributed by atoms with Crippen LogP contribution in [0.15, 0.2) is 34.9 Å². The van der Waals surface area contributed by atoms with Gasteiger partial charge in [-0.2, -0.15) is 4.31 Å². The highest BCUT2D eigenvalue weighted by Crippen LogP contribution is 2.28. The molecule has 0 N–H and O–H groups in total. The predicted octanol–water partition coefficient (Wildman–Crippen LogP) is 2.33. The zero-order chi connectivity index (χ0) is 16.3. The lowest BCUT2D eigenvalue weighted by molar-refractivity contribution is 0.129. The summed E-state index contributed by atoms with van der Waals surface area (Å²) in [6.45, 7) is 2.96. The van der Waals surface area contributed by atoms with Gasteiger partial charge in [-0.05, 0) is 31.4 Å². The lowest BCUT2D eigenvalue weighted by Crippen LogP contribution is -2.41. The fourth-order valence-corrected chi connectivity index (χ4v) is 5.44. The quantitative estimate of drug-likeness (QED) is 0.825. The van der Waals surface area contributed by atoms with Crippen molar-refractivity contribution in [3.63, 3.8) is 0 Å². The topological polar surface area (TPSA) is 72.4 Å². The van der Waals surface area contributed by atoms with Crippen molar-refractivity contribution >= 4 is 21.4 Å². The highest BCUT2D eigenvalue weighted by atomic mass is 32.2. The Morgan fingerprint density at radius 2 is 2.09 bits per heavy atom. The van der Waals surface area contributed by atoms with Crippen LogP contribution in [0.2, 0.25) is 0 Å². The number of aryl methyl sites for hydroxylation is 1. The molecule has 0 atom stereocenters. The summed E-state index contributed by atoms with van der Waals surface area (Å²) in [5, 5.41) is 0. The molecule has 0 radical (unpaired) electrons. The van der Waals surface area contributed by atoms with Gasteiger partial charge in [-0.1, -0.05) is 6.92 Å². The molecule has 0 saturated carbocycles. The van der Waals surface area contributed by atoms with Crippen LogP contribution >= 0.6 is 11.3 Å². The van der Waals surface area contributed by atoms with Gasteiger partial charge in [0.25, 0.3) is 10.0 Å². The highest BCUT2D eigenvalue weighted by molar-refractivity contribution is 7.91. The molecule has 0 aliphatic carbocycles. The van der Waals surface area contributed by atoms with E-state index in [1.807, 2.05) is 13.0 Å². The minimum atomic E-state index is -3.38. The van der Waals surface area contributed by atoms with Gasteiger partial charge in [-0.25, -0.2) is 13.4 Å². The third-order valence-corrected chi connectivity index (χ3v) is 7.40. The predicted molar refractivity (Wildman–Crippen MR) is 88.1 cm³/mol. The van der Waals surface area contributed by atoms with Gasteiger partial charge in [0.1, 0.15) is 10.3 Å². The van der Waals surface area contributed by atoms with Crippen LogP contribution in [0, 0.1) is 0 Å². The molecule has 23 heavy (non-hydrogen) atoms. The Balaban J connectivity index is 1.62. The Morgan fingerprint density at radius 1 is 1.30 bits per heavy atom. The maximum atomic E-state index is 12.7. The summed E-state index contributed by atoms with van der Waals surface area (Å²) < 4.78 is 33.0. The first-order valence-corrected chi connectivity index (χ1v) is 9.87. The first-order valence-electron chi connectivity index (χ1n) is 7.61. The smallest absolute Gasteiger partial charge is 0.252 e. The summed E-state index contributed by atoms with van der Waals surface area (Å²) >= 11 is 1.36. The van der Waals surface area contributed by atoms with Gasteiger partial charge in [0.2, 0.25) is 5.88 Å². The van der Waals surface area contributed by atoms with Gasteiger partial charge in [-0.15, -0.1) is 11.3 Å². The van der Waals surface area contributed by atoms with Crippen LogP contribution in [0.25, 0.3) is 0 Å². The van der Waals surface area contributed by atoms with E-state index in [0.29, 0.717) is 36.0 Å². The second-order valence-corrected chi connectivity index (χ2v) is 8.67. The van der Waals surface area contributed by atoms with E-state index in [0.717, 1.165) is 11.3 Å². The minimum absolute atomic E-state index is 0.0207. The summed E-state index contributed by atoms with van der Waals surface area (Å²) in [5.74, 6) is 0.486. The van der Waals surface area contributed by atoms with E-state index in [-0.39, 0.29) is 6.10 Å². The highest BCUT2D eigenvalue weighted by Gasteiger charge is 2.31. The molecule has 1 saturated heterocycles. The lowest BCUT2D eigenvalue weighted by atomic mass is 10.1. The van der Waals surface area contributed by atoms with Crippen molar-refractivity contribution in [2.45, 2.75) is 36.5 Å². The first kappa shape index (κ1) is 16.4. The average Bonchev–Trinajstić information content (AvgIpc) is 3.06. The fraction of sp³-hybridized carbons (Fsp3) is 0.467. The number of sulfonamides is 1. The zero-order valence-corrected chi connectivity index (χ0v) is 14.5. The summed E-state index contributed by atoms with van der Waals surface area (Å²) in [6.07, 6.45) is 6.89. The number of ether oxygens (including phenoxy) is 1. The van der Waals surface area contributed by atoms with E-state index in [4.69, 9.17) is 4.74 Å². The standard InChI is InChI=1S/C15H19N3O3S2/c1-2-13-3-4-15(22-13)23(19,20)18-9-5-12(6-10-18)21-14-11-16-7-8-17-14/h3-4,7-8,11-12H,2,5-6,9-10H2,1H3. The van der Waals surface area contributed by atoms with E-state index in [9.17, 15) is 8.42 Å².